The van der Waals surface area contributed by atoms with Gasteiger partial charge in [0.25, 0.3) is 0 Å². The van der Waals surface area contributed by atoms with Crippen LogP contribution in [0.25, 0.3) is 0 Å². The molecule has 1 aliphatic heterocycles. The van der Waals surface area contributed by atoms with E-state index in [9.17, 15) is 20.1 Å². The molecule has 3 unspecified atom stereocenters. The number of aliphatic hydroxyl groups excluding tert-OH is 4. The normalized spacial score (nSPS) is 41.3. The van der Waals surface area contributed by atoms with Gasteiger partial charge in [0.15, 0.2) is 6.29 Å². The van der Waals surface area contributed by atoms with Crippen molar-refractivity contribution in [3.8, 4) is 0 Å². The minimum Gasteiger partial charge on any atom is -0.394 e. The fourth-order valence-corrected chi connectivity index (χ4v) is 1.49. The third-order valence-corrected chi connectivity index (χ3v) is 2.27. The lowest BCUT2D eigenvalue weighted by Crippen LogP contribution is -2.63. The Morgan fingerprint density at radius 1 is 1.33 bits per heavy atom. The summed E-state index contributed by atoms with van der Waals surface area (Å²) < 4.78 is 4.81. The van der Waals surface area contributed by atoms with Gasteiger partial charge in [0.2, 0.25) is 5.91 Å². The maximum atomic E-state index is 10.7. The number of carbonyl (C=O) groups excluding carboxylic acids is 1. The summed E-state index contributed by atoms with van der Waals surface area (Å²) in [6.07, 6.45) is -5.24. The van der Waals surface area contributed by atoms with Gasteiger partial charge in [-0.3, -0.25) is 4.79 Å². The van der Waals surface area contributed by atoms with Gasteiger partial charge in [-0.2, -0.15) is 0 Å². The molecule has 0 spiro atoms. The van der Waals surface area contributed by atoms with Crippen molar-refractivity contribution in [1.82, 2.24) is 5.32 Å². The molecule has 0 aromatic carbocycles. The van der Waals surface area contributed by atoms with Crippen molar-refractivity contribution in [2.24, 2.45) is 0 Å². The molecule has 0 bridgehead atoms. The summed E-state index contributed by atoms with van der Waals surface area (Å²) in [7, 11) is 0. The lowest BCUT2D eigenvalue weighted by atomic mass is 10.0. The molecule has 5 N–H and O–H groups in total. The van der Waals surface area contributed by atoms with Crippen molar-refractivity contribution in [1.29, 1.82) is 0 Å². The van der Waals surface area contributed by atoms with Crippen LogP contribution < -0.4 is 5.32 Å². The highest BCUT2D eigenvalue weighted by Gasteiger charge is 2.43. The van der Waals surface area contributed by atoms with E-state index < -0.39 is 43.2 Å². The molecule has 1 aliphatic rings. The number of ether oxygens (including phenoxy) is 1. The minimum absolute atomic E-state index is 0.462. The van der Waals surface area contributed by atoms with E-state index in [0.29, 0.717) is 0 Å². The summed E-state index contributed by atoms with van der Waals surface area (Å²) in [6.45, 7) is 0.687. The van der Waals surface area contributed by atoms with Crippen molar-refractivity contribution in [3.05, 3.63) is 0 Å². The quantitative estimate of drug-likeness (QED) is 0.251. The number of amides is 1. The second-order valence-electron chi connectivity index (χ2n) is 3.46. The standard InChI is InChI=1S/C8H15NO6/c1-3(11)9-5-7(13)6(12)4(2-10)15-8(5)14/h4-8,10,12-14H,2H2,1H3,(H,9,11)/t4?,5?,6-,7-,8?/m1/s1/i1+1,3+1,8+1,9+1. The zero-order valence-electron chi connectivity index (χ0n) is 8.20. The Labute approximate surface area is 86.3 Å². The molecule has 7 nitrogen and oxygen atoms in total. The van der Waals surface area contributed by atoms with Crippen LogP contribution in [0, 0.1) is 0 Å². The predicted octanol–water partition coefficient (Wildman–Crippen LogP) is -3.08. The van der Waals surface area contributed by atoms with Crippen LogP contribution in [0.5, 0.6) is 0 Å². The highest BCUT2D eigenvalue weighted by Crippen LogP contribution is 2.19. The van der Waals surface area contributed by atoms with Crippen LogP contribution in [0.2, 0.25) is 0 Å². The Hall–Kier alpha value is -0.730. The van der Waals surface area contributed by atoms with Crippen LogP contribution in [-0.4, -0.2) is 63.6 Å². The Morgan fingerprint density at radius 3 is 2.40 bits per heavy atom. The SMILES string of the molecule is [13CH3][13C](=O)[15NH]C1[C@@H](O)[C@H](O)C(CO)O[13CH]1O. The van der Waals surface area contributed by atoms with Gasteiger partial charge in [0, 0.05) is 6.92 Å². The average Bonchev–Trinajstić information content (AvgIpc) is 2.18. The van der Waals surface area contributed by atoms with E-state index in [1.54, 1.807) is 0 Å². The molecule has 1 heterocycles. The van der Waals surface area contributed by atoms with Gasteiger partial charge < -0.3 is 30.5 Å². The second kappa shape index (κ2) is 4.86. The van der Waals surface area contributed by atoms with E-state index in [2.05, 4.69) is 5.32 Å². The number of nitrogens with one attached hydrogen (secondary N) is 1. The van der Waals surface area contributed by atoms with Crippen molar-refractivity contribution in [3.63, 3.8) is 0 Å². The molecule has 5 atom stereocenters. The topological polar surface area (TPSA) is 119 Å². The monoisotopic (exact) mass is 225 g/mol. The Morgan fingerprint density at radius 2 is 1.93 bits per heavy atom. The van der Waals surface area contributed by atoms with Gasteiger partial charge in [-0.05, 0) is 0 Å². The summed E-state index contributed by atoms with van der Waals surface area (Å²) in [5.41, 5.74) is 0. The van der Waals surface area contributed by atoms with Crippen LogP contribution >= 0.6 is 0 Å². The maximum Gasteiger partial charge on any atom is 0.217 e. The van der Waals surface area contributed by atoms with Crippen LogP contribution in [0.1, 0.15) is 6.92 Å². The van der Waals surface area contributed by atoms with E-state index in [4.69, 9.17) is 9.84 Å². The molecule has 1 saturated heterocycles. The van der Waals surface area contributed by atoms with E-state index >= 15 is 0 Å². The molecule has 1 fully saturated rings. The number of rotatable bonds is 2. The smallest absolute Gasteiger partial charge is 0.217 e. The lowest BCUT2D eigenvalue weighted by molar-refractivity contribution is -0.253. The fraction of sp³-hybridized carbons (Fsp3) is 0.875. The van der Waals surface area contributed by atoms with Crippen molar-refractivity contribution >= 4 is 5.91 Å². The van der Waals surface area contributed by atoms with Gasteiger partial charge in [-0.1, -0.05) is 0 Å². The summed E-state index contributed by atoms with van der Waals surface area (Å²) in [5.74, 6) is -0.462. The van der Waals surface area contributed by atoms with Crippen LogP contribution in [0.3, 0.4) is 0 Å². The highest BCUT2D eigenvalue weighted by molar-refractivity contribution is 5.73. The second-order valence-corrected chi connectivity index (χ2v) is 3.46. The number of carbonyl (C=O) groups is 1. The summed E-state index contributed by atoms with van der Waals surface area (Å²) in [6, 6.07) is -1.10. The zero-order valence-corrected chi connectivity index (χ0v) is 8.20. The molecule has 0 radical (unpaired) electrons. The maximum absolute atomic E-state index is 10.7. The molecular formula is C8H15NO6. The fourth-order valence-electron chi connectivity index (χ4n) is 1.49. The van der Waals surface area contributed by atoms with Crippen LogP contribution in [0.15, 0.2) is 0 Å². The first kappa shape index (κ1) is 12.3. The first-order valence-corrected chi connectivity index (χ1v) is 4.55. The summed E-state index contributed by atoms with van der Waals surface area (Å²) in [5, 5.41) is 39.4. The number of hydrogen-bond donors (Lipinski definition) is 5. The molecule has 0 aromatic heterocycles. The molecular weight excluding hydrogens is 210 g/mol. The zero-order chi connectivity index (χ0) is 11.6. The Kier molecular flexibility index (Phi) is 4.00. The molecule has 0 saturated carbocycles. The van der Waals surface area contributed by atoms with E-state index in [0.717, 1.165) is 0 Å². The van der Waals surface area contributed by atoms with Gasteiger partial charge >= 0.3 is 0 Å². The van der Waals surface area contributed by atoms with E-state index in [1.165, 1.54) is 6.92 Å². The van der Waals surface area contributed by atoms with Crippen molar-refractivity contribution < 1.29 is 30.0 Å². The van der Waals surface area contributed by atoms with Gasteiger partial charge in [0.05, 0.1) is 6.61 Å². The molecule has 1 amide bonds. The first-order valence-electron chi connectivity index (χ1n) is 4.55. The van der Waals surface area contributed by atoms with Crippen LogP contribution in [-0.2, 0) is 9.53 Å². The largest absolute Gasteiger partial charge is 0.394 e. The van der Waals surface area contributed by atoms with Gasteiger partial charge in [0.1, 0.15) is 24.4 Å². The van der Waals surface area contributed by atoms with Crippen molar-refractivity contribution in [2.75, 3.05) is 6.61 Å². The van der Waals surface area contributed by atoms with Gasteiger partial charge in [-0.25, -0.2) is 0 Å². The predicted molar refractivity (Wildman–Crippen MR) is 47.6 cm³/mol. The molecule has 1 rings (SSSR count). The first-order chi connectivity index (χ1) is 6.97. The number of aliphatic hydroxyl groups is 4. The van der Waals surface area contributed by atoms with Gasteiger partial charge in [-0.15, -0.1) is 0 Å². The highest BCUT2D eigenvalue weighted by atomic mass is 16.7. The molecule has 88 valence electrons. The molecule has 15 heavy (non-hydrogen) atoms. The van der Waals surface area contributed by atoms with Crippen LogP contribution in [0.4, 0.5) is 0 Å². The molecule has 0 aromatic rings. The summed E-state index contributed by atoms with van der Waals surface area (Å²) in [4.78, 5) is 10.7. The number of hydrogen-bond acceptors (Lipinski definition) is 6. The van der Waals surface area contributed by atoms with E-state index in [1.807, 2.05) is 0 Å². The third-order valence-electron chi connectivity index (χ3n) is 2.27. The Balaban J connectivity index is 2.70. The molecule has 0 aliphatic carbocycles. The summed E-state index contributed by atoms with van der Waals surface area (Å²) >= 11 is 0. The minimum atomic E-state index is -1.45. The molecule has 7 heteroatoms. The average molecular weight is 225 g/mol. The van der Waals surface area contributed by atoms with E-state index in [-0.39, 0.29) is 0 Å². The lowest BCUT2D eigenvalue weighted by Gasteiger charge is -2.40. The Bertz CT molecular complexity index is 235. The third kappa shape index (κ3) is 2.64. The van der Waals surface area contributed by atoms with Crippen molar-refractivity contribution in [2.45, 2.75) is 37.6 Å².